The number of nitrogens with zero attached hydrogens (tertiary/aromatic N) is 2. The molecule has 0 atom stereocenters. The first-order chi connectivity index (χ1) is 11.4. The SMILES string of the molecule is COc1cc(CNCc2ccncc2)ccc1N1CCNCC1. The van der Waals surface area contributed by atoms with Crippen LogP contribution in [-0.2, 0) is 13.1 Å². The van der Waals surface area contributed by atoms with Gasteiger partial charge in [0.25, 0.3) is 0 Å². The van der Waals surface area contributed by atoms with Gasteiger partial charge in [-0.05, 0) is 35.4 Å². The number of nitrogens with one attached hydrogen (secondary N) is 2. The van der Waals surface area contributed by atoms with Gasteiger partial charge in [-0.2, -0.15) is 0 Å². The Kier molecular flexibility index (Phi) is 5.45. The van der Waals surface area contributed by atoms with Crippen molar-refractivity contribution < 1.29 is 4.74 Å². The molecule has 0 radical (unpaired) electrons. The number of pyridine rings is 1. The van der Waals surface area contributed by atoms with Gasteiger partial charge in [-0.15, -0.1) is 0 Å². The van der Waals surface area contributed by atoms with Crippen molar-refractivity contribution in [3.05, 3.63) is 53.9 Å². The van der Waals surface area contributed by atoms with Crippen LogP contribution in [0.5, 0.6) is 5.75 Å². The molecule has 0 amide bonds. The predicted molar refractivity (Wildman–Crippen MR) is 92.9 cm³/mol. The lowest BCUT2D eigenvalue weighted by Gasteiger charge is -2.30. The molecule has 0 saturated carbocycles. The first-order valence-electron chi connectivity index (χ1n) is 8.09. The minimum Gasteiger partial charge on any atom is -0.495 e. The molecule has 1 aliphatic heterocycles. The van der Waals surface area contributed by atoms with Gasteiger partial charge in [-0.25, -0.2) is 0 Å². The molecule has 1 aromatic heterocycles. The minimum atomic E-state index is 0.820. The molecule has 0 aliphatic carbocycles. The maximum Gasteiger partial charge on any atom is 0.142 e. The number of anilines is 1. The quantitative estimate of drug-likeness (QED) is 0.852. The summed E-state index contributed by atoms with van der Waals surface area (Å²) < 4.78 is 5.61. The summed E-state index contributed by atoms with van der Waals surface area (Å²) >= 11 is 0. The third kappa shape index (κ3) is 4.21. The zero-order valence-corrected chi connectivity index (χ0v) is 13.6. The van der Waals surface area contributed by atoms with Crippen molar-refractivity contribution >= 4 is 5.69 Å². The third-order valence-corrected chi connectivity index (χ3v) is 4.11. The summed E-state index contributed by atoms with van der Waals surface area (Å²) in [5, 5.41) is 6.84. The smallest absolute Gasteiger partial charge is 0.142 e. The molecule has 2 N–H and O–H groups in total. The second-order valence-corrected chi connectivity index (χ2v) is 5.70. The van der Waals surface area contributed by atoms with Crippen LogP contribution in [-0.4, -0.2) is 38.3 Å². The van der Waals surface area contributed by atoms with E-state index >= 15 is 0 Å². The molecule has 122 valence electrons. The van der Waals surface area contributed by atoms with Crippen LogP contribution < -0.4 is 20.3 Å². The highest BCUT2D eigenvalue weighted by atomic mass is 16.5. The number of benzene rings is 1. The molecule has 1 aliphatic rings. The Morgan fingerprint density at radius 1 is 1.09 bits per heavy atom. The van der Waals surface area contributed by atoms with E-state index in [0.717, 1.165) is 45.0 Å². The summed E-state index contributed by atoms with van der Waals surface area (Å²) in [5.74, 6) is 0.954. The first-order valence-corrected chi connectivity index (χ1v) is 8.09. The van der Waals surface area contributed by atoms with E-state index in [-0.39, 0.29) is 0 Å². The van der Waals surface area contributed by atoms with E-state index in [0.29, 0.717) is 0 Å². The van der Waals surface area contributed by atoms with E-state index in [4.69, 9.17) is 4.74 Å². The molecule has 1 fully saturated rings. The van der Waals surface area contributed by atoms with Gasteiger partial charge in [0.2, 0.25) is 0 Å². The fourth-order valence-corrected chi connectivity index (χ4v) is 2.85. The molecule has 5 nitrogen and oxygen atoms in total. The molecule has 0 spiro atoms. The number of rotatable bonds is 6. The van der Waals surface area contributed by atoms with Crippen LogP contribution in [0.25, 0.3) is 0 Å². The number of ether oxygens (including phenoxy) is 1. The van der Waals surface area contributed by atoms with Crippen LogP contribution in [0, 0.1) is 0 Å². The summed E-state index contributed by atoms with van der Waals surface area (Å²) in [6.07, 6.45) is 3.64. The zero-order chi connectivity index (χ0) is 15.9. The molecular weight excluding hydrogens is 288 g/mol. The van der Waals surface area contributed by atoms with E-state index in [1.54, 1.807) is 7.11 Å². The third-order valence-electron chi connectivity index (χ3n) is 4.11. The Morgan fingerprint density at radius 3 is 2.57 bits per heavy atom. The van der Waals surface area contributed by atoms with Crippen LogP contribution >= 0.6 is 0 Å². The topological polar surface area (TPSA) is 49.4 Å². The van der Waals surface area contributed by atoms with Gasteiger partial charge < -0.3 is 20.3 Å². The van der Waals surface area contributed by atoms with E-state index in [2.05, 4.69) is 38.7 Å². The van der Waals surface area contributed by atoms with Crippen molar-refractivity contribution in [2.75, 3.05) is 38.2 Å². The average Bonchev–Trinajstić information content (AvgIpc) is 2.63. The summed E-state index contributed by atoms with van der Waals surface area (Å²) in [6, 6.07) is 10.5. The van der Waals surface area contributed by atoms with E-state index in [1.165, 1.54) is 16.8 Å². The maximum absolute atomic E-state index is 5.61. The number of methoxy groups -OCH3 is 1. The number of piperazine rings is 1. The van der Waals surface area contributed by atoms with Crippen molar-refractivity contribution in [1.29, 1.82) is 0 Å². The lowest BCUT2D eigenvalue weighted by molar-refractivity contribution is 0.412. The van der Waals surface area contributed by atoms with E-state index < -0.39 is 0 Å². The molecule has 1 saturated heterocycles. The van der Waals surface area contributed by atoms with Crippen LogP contribution in [0.3, 0.4) is 0 Å². The minimum absolute atomic E-state index is 0.820. The Hall–Kier alpha value is -2.11. The van der Waals surface area contributed by atoms with Crippen LogP contribution in [0.4, 0.5) is 5.69 Å². The zero-order valence-electron chi connectivity index (χ0n) is 13.6. The Balaban J connectivity index is 1.62. The monoisotopic (exact) mass is 312 g/mol. The molecule has 3 rings (SSSR count). The van der Waals surface area contributed by atoms with Gasteiger partial charge in [0.1, 0.15) is 5.75 Å². The summed E-state index contributed by atoms with van der Waals surface area (Å²) in [5.41, 5.74) is 3.66. The van der Waals surface area contributed by atoms with Crippen LogP contribution in [0.2, 0.25) is 0 Å². The second-order valence-electron chi connectivity index (χ2n) is 5.70. The maximum atomic E-state index is 5.61. The molecule has 2 heterocycles. The standard InChI is InChI=1S/C18H24N4O/c1-23-18-12-16(14-21-13-15-4-6-19-7-5-15)2-3-17(18)22-10-8-20-9-11-22/h2-7,12,20-21H,8-11,13-14H2,1H3. The van der Waals surface area contributed by atoms with Gasteiger partial charge in [0.05, 0.1) is 12.8 Å². The Morgan fingerprint density at radius 2 is 1.83 bits per heavy atom. The van der Waals surface area contributed by atoms with Crippen LogP contribution in [0.1, 0.15) is 11.1 Å². The summed E-state index contributed by atoms with van der Waals surface area (Å²) in [6.45, 7) is 5.76. The Bertz CT molecular complexity index is 612. The Labute approximate surface area is 137 Å². The molecule has 23 heavy (non-hydrogen) atoms. The van der Waals surface area contributed by atoms with Gasteiger partial charge in [0.15, 0.2) is 0 Å². The molecule has 0 bridgehead atoms. The van der Waals surface area contributed by atoms with Gasteiger partial charge in [0, 0.05) is 51.7 Å². The summed E-state index contributed by atoms with van der Waals surface area (Å²) in [4.78, 5) is 6.41. The molecular formula is C18H24N4O. The lowest BCUT2D eigenvalue weighted by Crippen LogP contribution is -2.43. The van der Waals surface area contributed by atoms with Gasteiger partial charge in [-0.1, -0.05) is 6.07 Å². The highest BCUT2D eigenvalue weighted by molar-refractivity contribution is 5.60. The van der Waals surface area contributed by atoms with Gasteiger partial charge >= 0.3 is 0 Å². The van der Waals surface area contributed by atoms with E-state index in [1.807, 2.05) is 24.5 Å². The van der Waals surface area contributed by atoms with Crippen molar-refractivity contribution in [3.63, 3.8) is 0 Å². The summed E-state index contributed by atoms with van der Waals surface area (Å²) in [7, 11) is 1.75. The molecule has 1 aromatic carbocycles. The highest BCUT2D eigenvalue weighted by Gasteiger charge is 2.15. The lowest BCUT2D eigenvalue weighted by atomic mass is 10.1. The van der Waals surface area contributed by atoms with Crippen molar-refractivity contribution in [1.82, 2.24) is 15.6 Å². The first kappa shape index (κ1) is 15.8. The number of aromatic nitrogens is 1. The number of hydrogen-bond donors (Lipinski definition) is 2. The van der Waals surface area contributed by atoms with Crippen molar-refractivity contribution in [2.45, 2.75) is 13.1 Å². The van der Waals surface area contributed by atoms with Crippen molar-refractivity contribution in [2.24, 2.45) is 0 Å². The largest absolute Gasteiger partial charge is 0.495 e. The number of hydrogen-bond acceptors (Lipinski definition) is 5. The fourth-order valence-electron chi connectivity index (χ4n) is 2.85. The van der Waals surface area contributed by atoms with Gasteiger partial charge in [-0.3, -0.25) is 4.98 Å². The normalized spacial score (nSPS) is 14.7. The van der Waals surface area contributed by atoms with Crippen molar-refractivity contribution in [3.8, 4) is 5.75 Å². The predicted octanol–water partition coefficient (Wildman–Crippen LogP) is 1.79. The highest BCUT2D eigenvalue weighted by Crippen LogP contribution is 2.29. The average molecular weight is 312 g/mol. The molecule has 2 aromatic rings. The second kappa shape index (κ2) is 7.94. The van der Waals surface area contributed by atoms with Crippen LogP contribution in [0.15, 0.2) is 42.7 Å². The molecule has 5 heteroatoms. The molecule has 0 unspecified atom stereocenters. The van der Waals surface area contributed by atoms with E-state index in [9.17, 15) is 0 Å². The fraction of sp³-hybridized carbons (Fsp3) is 0.389.